The third-order valence-electron chi connectivity index (χ3n) is 2.13. The number of hydrogen-bond donors (Lipinski definition) is 3. The number of aryl methyl sites for hydroxylation is 1. The van der Waals surface area contributed by atoms with Crippen LogP contribution in [0.5, 0.6) is 0 Å². The molecule has 0 aliphatic heterocycles. The molecule has 0 saturated carbocycles. The highest BCUT2D eigenvalue weighted by Crippen LogP contribution is 2.18. The Morgan fingerprint density at radius 3 is 2.33 bits per heavy atom. The molecule has 0 heterocycles. The van der Waals surface area contributed by atoms with Gasteiger partial charge in [-0.2, -0.15) is 0 Å². The van der Waals surface area contributed by atoms with Gasteiger partial charge in [0.15, 0.2) is 0 Å². The van der Waals surface area contributed by atoms with Gasteiger partial charge >= 0.3 is 0 Å². The zero-order valence-electron chi connectivity index (χ0n) is 9.75. The third kappa shape index (κ3) is 4.26. The molecule has 102 valence electrons. The lowest BCUT2D eigenvalue weighted by molar-refractivity contribution is 0.581. The average Bonchev–Trinajstić information content (AvgIpc) is 2.13. The van der Waals surface area contributed by atoms with Gasteiger partial charge in [0.2, 0.25) is 20.0 Å². The molecule has 0 bridgehead atoms. The van der Waals surface area contributed by atoms with Gasteiger partial charge in [0.25, 0.3) is 0 Å². The Bertz CT molecular complexity index is 638. The maximum absolute atomic E-state index is 11.8. The highest BCUT2D eigenvalue weighted by atomic mass is 32.2. The van der Waals surface area contributed by atoms with Crippen molar-refractivity contribution in [2.45, 2.75) is 11.8 Å². The molecule has 0 atom stereocenters. The van der Waals surface area contributed by atoms with Crippen molar-refractivity contribution in [2.24, 2.45) is 5.14 Å². The van der Waals surface area contributed by atoms with Gasteiger partial charge in [-0.25, -0.2) is 26.7 Å². The molecule has 9 heteroatoms. The summed E-state index contributed by atoms with van der Waals surface area (Å²) < 4.78 is 47.1. The number of rotatable bonds is 5. The lowest BCUT2D eigenvalue weighted by atomic mass is 10.2. The smallest absolute Gasteiger partial charge is 0.242 e. The van der Waals surface area contributed by atoms with Gasteiger partial charge in [-0.15, -0.1) is 0 Å². The first-order valence-corrected chi connectivity index (χ1v) is 8.18. The van der Waals surface area contributed by atoms with Crippen molar-refractivity contribution in [3.8, 4) is 0 Å². The lowest BCUT2D eigenvalue weighted by Gasteiger charge is -2.09. The summed E-state index contributed by atoms with van der Waals surface area (Å²) in [7, 11) is -7.53. The fourth-order valence-electron chi connectivity index (χ4n) is 1.31. The van der Waals surface area contributed by atoms with E-state index in [4.69, 9.17) is 10.9 Å². The molecule has 0 saturated heterocycles. The highest BCUT2D eigenvalue weighted by molar-refractivity contribution is 7.90. The molecule has 7 nitrogen and oxygen atoms in total. The predicted molar refractivity (Wildman–Crippen MR) is 68.8 cm³/mol. The Hall–Kier alpha value is -1.16. The molecule has 5 N–H and O–H groups in total. The van der Waals surface area contributed by atoms with E-state index in [0.717, 1.165) is 5.56 Å². The minimum absolute atomic E-state index is 0.0810. The fourth-order valence-corrected chi connectivity index (χ4v) is 2.97. The number of nitrogens with two attached hydrogens (primary N) is 2. The van der Waals surface area contributed by atoms with Gasteiger partial charge in [-0.3, -0.25) is 0 Å². The van der Waals surface area contributed by atoms with Gasteiger partial charge in [-0.1, -0.05) is 6.07 Å². The Morgan fingerprint density at radius 2 is 1.83 bits per heavy atom. The topological polar surface area (TPSA) is 132 Å². The van der Waals surface area contributed by atoms with Crippen LogP contribution in [0, 0.1) is 6.92 Å². The Balaban J connectivity index is 2.87. The molecular weight excluding hydrogens is 278 g/mol. The average molecular weight is 293 g/mol. The summed E-state index contributed by atoms with van der Waals surface area (Å²) in [6.07, 6.45) is 0. The second-order valence-corrected chi connectivity index (χ2v) is 7.28. The first-order valence-electron chi connectivity index (χ1n) is 4.98. The van der Waals surface area contributed by atoms with Crippen LogP contribution in [0.2, 0.25) is 0 Å². The van der Waals surface area contributed by atoms with Gasteiger partial charge < -0.3 is 5.73 Å². The first-order chi connectivity index (χ1) is 8.12. The minimum atomic E-state index is -3.83. The van der Waals surface area contributed by atoms with Crippen molar-refractivity contribution in [2.75, 3.05) is 18.0 Å². The van der Waals surface area contributed by atoms with Crippen LogP contribution in [-0.2, 0) is 20.0 Å². The fraction of sp³-hybridized carbons (Fsp3) is 0.333. The molecule has 18 heavy (non-hydrogen) atoms. The zero-order chi connectivity index (χ0) is 14.0. The zero-order valence-corrected chi connectivity index (χ0v) is 11.4. The largest absolute Gasteiger partial charge is 0.398 e. The van der Waals surface area contributed by atoms with Gasteiger partial charge in [0, 0.05) is 6.54 Å². The van der Waals surface area contributed by atoms with E-state index >= 15 is 0 Å². The lowest BCUT2D eigenvalue weighted by Crippen LogP contribution is -2.31. The van der Waals surface area contributed by atoms with Crippen molar-refractivity contribution in [1.82, 2.24) is 4.72 Å². The normalized spacial score (nSPS) is 12.6. The maximum atomic E-state index is 11.8. The van der Waals surface area contributed by atoms with Crippen molar-refractivity contribution in [3.63, 3.8) is 0 Å². The number of nitrogen functional groups attached to an aromatic ring is 1. The Kier molecular flexibility index (Phi) is 4.32. The molecule has 1 aromatic carbocycles. The summed E-state index contributed by atoms with van der Waals surface area (Å²) in [6.45, 7) is 1.48. The van der Waals surface area contributed by atoms with Crippen molar-refractivity contribution >= 4 is 25.7 Å². The Morgan fingerprint density at radius 1 is 1.22 bits per heavy atom. The van der Waals surface area contributed by atoms with Gasteiger partial charge in [0.05, 0.1) is 11.4 Å². The van der Waals surface area contributed by atoms with Crippen LogP contribution in [-0.4, -0.2) is 29.1 Å². The third-order valence-corrected chi connectivity index (χ3v) is 4.44. The van der Waals surface area contributed by atoms with Crippen LogP contribution in [0.1, 0.15) is 5.56 Å². The summed E-state index contributed by atoms with van der Waals surface area (Å²) in [5, 5.41) is 4.77. The molecule has 0 radical (unpaired) electrons. The highest BCUT2D eigenvalue weighted by Gasteiger charge is 2.17. The summed E-state index contributed by atoms with van der Waals surface area (Å²) in [6, 6.07) is 4.49. The number of primary sulfonamides is 1. The van der Waals surface area contributed by atoms with E-state index in [1.54, 1.807) is 13.0 Å². The second-order valence-electron chi connectivity index (χ2n) is 3.81. The van der Waals surface area contributed by atoms with Crippen molar-refractivity contribution in [1.29, 1.82) is 0 Å². The molecule has 0 aliphatic carbocycles. The molecule has 0 spiro atoms. The van der Waals surface area contributed by atoms with Crippen LogP contribution in [0.4, 0.5) is 5.69 Å². The molecule has 0 aliphatic rings. The Labute approximate surface area is 106 Å². The summed E-state index contributed by atoms with van der Waals surface area (Å²) in [4.78, 5) is -0.0810. The number of sulfonamides is 2. The van der Waals surface area contributed by atoms with Crippen LogP contribution in [0.15, 0.2) is 23.1 Å². The molecular formula is C9H15N3O4S2. The number of benzene rings is 1. The monoisotopic (exact) mass is 293 g/mol. The van der Waals surface area contributed by atoms with E-state index in [9.17, 15) is 16.8 Å². The molecule has 0 amide bonds. The van der Waals surface area contributed by atoms with Crippen LogP contribution in [0.25, 0.3) is 0 Å². The quantitative estimate of drug-likeness (QED) is 0.608. The summed E-state index contributed by atoms with van der Waals surface area (Å²) in [5.41, 5.74) is 6.54. The number of hydrogen-bond acceptors (Lipinski definition) is 5. The van der Waals surface area contributed by atoms with Crippen LogP contribution >= 0.6 is 0 Å². The van der Waals surface area contributed by atoms with Gasteiger partial charge in [0.1, 0.15) is 4.90 Å². The first kappa shape index (κ1) is 14.9. The SMILES string of the molecule is Cc1ccc(S(=O)(=O)NCCS(N)(=O)=O)c(N)c1. The van der Waals surface area contributed by atoms with Crippen LogP contribution in [0.3, 0.4) is 0 Å². The number of anilines is 1. The summed E-state index contributed by atoms with van der Waals surface area (Å²) >= 11 is 0. The maximum Gasteiger partial charge on any atom is 0.242 e. The molecule has 0 aromatic heterocycles. The molecule has 0 unspecified atom stereocenters. The summed E-state index contributed by atoms with van der Waals surface area (Å²) in [5.74, 6) is -0.474. The predicted octanol–water partition coefficient (Wildman–Crippen LogP) is -0.856. The standard InChI is InChI=1S/C9H15N3O4S2/c1-7-2-3-9(8(10)6-7)18(15,16)12-4-5-17(11,13)14/h2-3,6,12H,4-5,10H2,1H3,(H2,11,13,14). The van der Waals surface area contributed by atoms with E-state index in [1.807, 2.05) is 0 Å². The van der Waals surface area contributed by atoms with Crippen molar-refractivity contribution in [3.05, 3.63) is 23.8 Å². The van der Waals surface area contributed by atoms with E-state index in [1.165, 1.54) is 12.1 Å². The van der Waals surface area contributed by atoms with Crippen molar-refractivity contribution < 1.29 is 16.8 Å². The molecule has 1 rings (SSSR count). The molecule has 1 aromatic rings. The molecule has 0 fully saturated rings. The van der Waals surface area contributed by atoms with E-state index in [2.05, 4.69) is 4.72 Å². The van der Waals surface area contributed by atoms with Gasteiger partial charge in [-0.05, 0) is 24.6 Å². The second kappa shape index (κ2) is 5.22. The van der Waals surface area contributed by atoms with E-state index < -0.39 is 25.8 Å². The van der Waals surface area contributed by atoms with Crippen LogP contribution < -0.4 is 15.6 Å². The number of nitrogens with one attached hydrogen (secondary N) is 1. The van der Waals surface area contributed by atoms with E-state index in [-0.39, 0.29) is 17.1 Å². The van der Waals surface area contributed by atoms with E-state index in [0.29, 0.717) is 0 Å². The minimum Gasteiger partial charge on any atom is -0.398 e.